The van der Waals surface area contributed by atoms with Crippen molar-refractivity contribution in [3.8, 4) is 0 Å². The maximum absolute atomic E-state index is 12.8. The summed E-state index contributed by atoms with van der Waals surface area (Å²) in [5.74, 6) is -0.207. The molecule has 0 saturated heterocycles. The van der Waals surface area contributed by atoms with Crippen molar-refractivity contribution in [3.05, 3.63) is 82.8 Å². The van der Waals surface area contributed by atoms with Gasteiger partial charge in [-0.25, -0.2) is 4.39 Å². The minimum absolute atomic E-state index is 0.207. The van der Waals surface area contributed by atoms with Gasteiger partial charge in [0.2, 0.25) is 0 Å². The van der Waals surface area contributed by atoms with Gasteiger partial charge in [0.25, 0.3) is 0 Å². The van der Waals surface area contributed by atoms with Crippen LogP contribution in [-0.4, -0.2) is 0 Å². The molecule has 0 aromatic heterocycles. The van der Waals surface area contributed by atoms with Crippen LogP contribution in [0.4, 0.5) is 4.39 Å². The highest BCUT2D eigenvalue weighted by Crippen LogP contribution is 2.09. The fraction of sp³-hybridized carbons (Fsp3) is 0.167. The Labute approximate surface area is 113 Å². The zero-order chi connectivity index (χ0) is 13.5. The average molecular weight is 252 g/mol. The zero-order valence-electron chi connectivity index (χ0n) is 11.1. The molecule has 0 amide bonds. The summed E-state index contributed by atoms with van der Waals surface area (Å²) in [6, 6.07) is 16.9. The standard InChI is InChI=1S/C18H17F/c1-15(7-9-16-5-3-2-4-6-16)8-10-17-11-13-18(19)14-12-17/h2-6,10-14H,7,9H2,1H3. The van der Waals surface area contributed by atoms with Crippen LogP contribution in [0.2, 0.25) is 0 Å². The van der Waals surface area contributed by atoms with Crippen molar-refractivity contribution in [2.45, 2.75) is 19.8 Å². The van der Waals surface area contributed by atoms with E-state index in [1.807, 2.05) is 12.1 Å². The predicted molar refractivity (Wildman–Crippen MR) is 78.3 cm³/mol. The second-order valence-corrected chi connectivity index (χ2v) is 4.61. The number of aryl methyl sites for hydroxylation is 1. The fourth-order valence-electron chi connectivity index (χ4n) is 1.81. The van der Waals surface area contributed by atoms with Gasteiger partial charge in [-0.2, -0.15) is 0 Å². The largest absolute Gasteiger partial charge is 0.207 e. The summed E-state index contributed by atoms with van der Waals surface area (Å²) >= 11 is 0. The number of benzene rings is 2. The molecule has 0 aliphatic rings. The van der Waals surface area contributed by atoms with E-state index in [1.165, 1.54) is 23.3 Å². The van der Waals surface area contributed by atoms with E-state index in [0.29, 0.717) is 0 Å². The lowest BCUT2D eigenvalue weighted by Crippen LogP contribution is -1.84. The minimum atomic E-state index is -0.207. The molecule has 0 aliphatic heterocycles. The molecule has 0 radical (unpaired) electrons. The van der Waals surface area contributed by atoms with Crippen molar-refractivity contribution in [1.29, 1.82) is 0 Å². The lowest BCUT2D eigenvalue weighted by molar-refractivity contribution is 0.628. The van der Waals surface area contributed by atoms with Crippen LogP contribution in [0.3, 0.4) is 0 Å². The van der Waals surface area contributed by atoms with Gasteiger partial charge < -0.3 is 0 Å². The summed E-state index contributed by atoms with van der Waals surface area (Å²) in [4.78, 5) is 0. The molecule has 0 saturated carbocycles. The topological polar surface area (TPSA) is 0 Å². The molecule has 0 aliphatic carbocycles. The van der Waals surface area contributed by atoms with Crippen LogP contribution in [0, 0.1) is 5.82 Å². The van der Waals surface area contributed by atoms with Gasteiger partial charge in [-0.3, -0.25) is 0 Å². The molecule has 0 nitrogen and oxygen atoms in total. The van der Waals surface area contributed by atoms with Crippen molar-refractivity contribution in [1.82, 2.24) is 0 Å². The number of hydrogen-bond donors (Lipinski definition) is 0. The second-order valence-electron chi connectivity index (χ2n) is 4.61. The third-order valence-electron chi connectivity index (χ3n) is 2.99. The Hall–Kier alpha value is -2.11. The highest BCUT2D eigenvalue weighted by atomic mass is 19.1. The van der Waals surface area contributed by atoms with Crippen LogP contribution in [0.1, 0.15) is 24.5 Å². The first-order valence-electron chi connectivity index (χ1n) is 6.46. The fourth-order valence-corrected chi connectivity index (χ4v) is 1.81. The van der Waals surface area contributed by atoms with Crippen LogP contribution >= 0.6 is 0 Å². The minimum Gasteiger partial charge on any atom is -0.207 e. The molecule has 0 fully saturated rings. The van der Waals surface area contributed by atoms with Crippen molar-refractivity contribution in [3.63, 3.8) is 0 Å². The monoisotopic (exact) mass is 252 g/mol. The van der Waals surface area contributed by atoms with Crippen LogP contribution in [0.25, 0.3) is 6.08 Å². The summed E-state index contributed by atoms with van der Waals surface area (Å²) in [6.07, 6.45) is 3.92. The third kappa shape index (κ3) is 4.57. The normalized spacial score (nSPS) is 9.79. The summed E-state index contributed by atoms with van der Waals surface area (Å²) in [6.45, 7) is 2.07. The van der Waals surface area contributed by atoms with E-state index in [0.717, 1.165) is 18.4 Å². The molecule has 0 unspecified atom stereocenters. The number of allylic oxidation sites excluding steroid dienone is 1. The first-order chi connectivity index (χ1) is 9.24. The lowest BCUT2D eigenvalue weighted by atomic mass is 10.1. The molecule has 0 atom stereocenters. The second kappa shape index (κ2) is 6.72. The van der Waals surface area contributed by atoms with Gasteiger partial charge in [-0.15, -0.1) is 5.73 Å². The first-order valence-corrected chi connectivity index (χ1v) is 6.46. The van der Waals surface area contributed by atoms with E-state index in [4.69, 9.17) is 0 Å². The molecule has 0 spiro atoms. The Balaban J connectivity index is 1.97. The van der Waals surface area contributed by atoms with Gasteiger partial charge in [0.15, 0.2) is 0 Å². The van der Waals surface area contributed by atoms with E-state index >= 15 is 0 Å². The van der Waals surface area contributed by atoms with E-state index in [2.05, 4.69) is 36.9 Å². The van der Waals surface area contributed by atoms with Gasteiger partial charge in [0, 0.05) is 0 Å². The molecular formula is C18H17F. The lowest BCUT2D eigenvalue weighted by Gasteiger charge is -1.99. The Morgan fingerprint density at radius 2 is 1.74 bits per heavy atom. The van der Waals surface area contributed by atoms with Crippen LogP contribution < -0.4 is 0 Å². The predicted octanol–water partition coefficient (Wildman–Crippen LogP) is 5.02. The molecule has 0 N–H and O–H groups in total. The average Bonchev–Trinajstić information content (AvgIpc) is 2.45. The summed E-state index contributed by atoms with van der Waals surface area (Å²) in [7, 11) is 0. The Kier molecular flexibility index (Phi) is 4.72. The maximum atomic E-state index is 12.8. The van der Waals surface area contributed by atoms with E-state index in [9.17, 15) is 4.39 Å². The smallest absolute Gasteiger partial charge is 0.123 e. The molecule has 0 bridgehead atoms. The van der Waals surface area contributed by atoms with Crippen LogP contribution in [0.15, 0.2) is 65.9 Å². The van der Waals surface area contributed by atoms with Crippen LogP contribution in [-0.2, 0) is 6.42 Å². The van der Waals surface area contributed by atoms with E-state index < -0.39 is 0 Å². The number of hydrogen-bond acceptors (Lipinski definition) is 0. The zero-order valence-corrected chi connectivity index (χ0v) is 11.1. The molecule has 2 rings (SSSR count). The van der Waals surface area contributed by atoms with Crippen molar-refractivity contribution < 1.29 is 4.39 Å². The Morgan fingerprint density at radius 1 is 1.05 bits per heavy atom. The molecule has 1 heteroatoms. The van der Waals surface area contributed by atoms with Crippen molar-refractivity contribution >= 4 is 6.08 Å². The summed E-state index contributed by atoms with van der Waals surface area (Å²) < 4.78 is 12.8. The Bertz CT molecular complexity index is 573. The Morgan fingerprint density at radius 3 is 2.42 bits per heavy atom. The van der Waals surface area contributed by atoms with Gasteiger partial charge in [0.05, 0.1) is 0 Å². The van der Waals surface area contributed by atoms with Gasteiger partial charge in [0.1, 0.15) is 5.82 Å². The molecule has 2 aromatic carbocycles. The molecule has 0 heterocycles. The quantitative estimate of drug-likeness (QED) is 0.670. The first kappa shape index (κ1) is 13.3. The van der Waals surface area contributed by atoms with Gasteiger partial charge in [-0.05, 0) is 54.7 Å². The molecule has 19 heavy (non-hydrogen) atoms. The molecule has 96 valence electrons. The molecular weight excluding hydrogens is 235 g/mol. The highest BCUT2D eigenvalue weighted by molar-refractivity contribution is 5.48. The van der Waals surface area contributed by atoms with Crippen molar-refractivity contribution in [2.75, 3.05) is 0 Å². The van der Waals surface area contributed by atoms with Gasteiger partial charge >= 0.3 is 0 Å². The SMILES string of the molecule is CC(=C=Cc1ccc(F)cc1)CCc1ccccc1. The summed E-state index contributed by atoms with van der Waals surface area (Å²) in [5, 5.41) is 0. The number of halogens is 1. The van der Waals surface area contributed by atoms with E-state index in [-0.39, 0.29) is 5.82 Å². The molecule has 2 aromatic rings. The maximum Gasteiger partial charge on any atom is 0.123 e. The summed E-state index contributed by atoms with van der Waals surface area (Å²) in [5.41, 5.74) is 6.77. The number of rotatable bonds is 4. The third-order valence-corrected chi connectivity index (χ3v) is 2.99. The van der Waals surface area contributed by atoms with Crippen LogP contribution in [0.5, 0.6) is 0 Å². The highest BCUT2D eigenvalue weighted by Gasteiger charge is 1.93. The van der Waals surface area contributed by atoms with Gasteiger partial charge in [-0.1, -0.05) is 42.5 Å². The van der Waals surface area contributed by atoms with E-state index in [1.54, 1.807) is 12.1 Å². The van der Waals surface area contributed by atoms with Crippen molar-refractivity contribution in [2.24, 2.45) is 0 Å².